The van der Waals surface area contributed by atoms with Crippen LogP contribution in [0.4, 0.5) is 0 Å². The number of aldehydes is 1. The smallest absolute Gasteiger partial charge is 0.153 e. The number of carbonyl (C=O) groups excluding carboxylic acids is 1. The third-order valence-electron chi connectivity index (χ3n) is 1.41. The largest absolute Gasteiger partial charge is 0.480 e. The lowest BCUT2D eigenvalue weighted by atomic mass is 10.2. The van der Waals surface area contributed by atoms with Crippen molar-refractivity contribution in [2.45, 2.75) is 0 Å². The zero-order valence-electron chi connectivity index (χ0n) is 6.79. The molecule has 0 heterocycles. The molecule has 0 atom stereocenters. The molecule has 0 bridgehead atoms. The predicted molar refractivity (Wildman–Crippen MR) is 54.0 cm³/mol. The first-order chi connectivity index (χ1) is 6.38. The van der Waals surface area contributed by atoms with Crippen molar-refractivity contribution < 1.29 is 9.53 Å². The Morgan fingerprint density at radius 3 is 2.92 bits per heavy atom. The standard InChI is InChI=1S/C10H7BrO2/c11-6-3-7-13-10-5-2-1-4-9(10)8-12/h1-2,4-5,8H,7H2. The van der Waals surface area contributed by atoms with Gasteiger partial charge in [0, 0.05) is 15.9 Å². The summed E-state index contributed by atoms with van der Waals surface area (Å²) in [6.07, 6.45) is 0.761. The van der Waals surface area contributed by atoms with Crippen LogP contribution in [0.5, 0.6) is 5.75 Å². The van der Waals surface area contributed by atoms with E-state index in [1.807, 2.05) is 6.07 Å². The molecule has 1 aromatic carbocycles. The van der Waals surface area contributed by atoms with Crippen LogP contribution in [0.1, 0.15) is 10.4 Å². The molecule has 0 aromatic heterocycles. The number of carbonyl (C=O) groups is 1. The lowest BCUT2D eigenvalue weighted by Crippen LogP contribution is -1.96. The number of hydrogen-bond acceptors (Lipinski definition) is 2. The molecular weight excluding hydrogens is 232 g/mol. The van der Waals surface area contributed by atoms with E-state index in [9.17, 15) is 4.79 Å². The Bertz CT molecular complexity index is 349. The summed E-state index contributed by atoms with van der Waals surface area (Å²) in [4.78, 5) is 13.1. The van der Waals surface area contributed by atoms with Gasteiger partial charge in [-0.05, 0) is 22.9 Å². The Hall–Kier alpha value is -1.27. The summed E-state index contributed by atoms with van der Waals surface area (Å²) in [5.74, 6) is 3.24. The van der Waals surface area contributed by atoms with E-state index in [1.165, 1.54) is 0 Å². The molecule has 0 aliphatic rings. The molecule has 0 amide bonds. The van der Waals surface area contributed by atoms with Crippen molar-refractivity contribution in [1.29, 1.82) is 0 Å². The molecule has 3 heteroatoms. The fourth-order valence-electron chi connectivity index (χ4n) is 0.850. The van der Waals surface area contributed by atoms with E-state index >= 15 is 0 Å². The van der Waals surface area contributed by atoms with E-state index in [4.69, 9.17) is 4.74 Å². The highest BCUT2D eigenvalue weighted by Crippen LogP contribution is 2.14. The van der Waals surface area contributed by atoms with E-state index in [-0.39, 0.29) is 6.61 Å². The summed E-state index contributed by atoms with van der Waals surface area (Å²) in [6.45, 7) is 0.274. The van der Waals surface area contributed by atoms with Gasteiger partial charge in [-0.3, -0.25) is 4.79 Å². The second-order valence-corrected chi connectivity index (χ2v) is 2.61. The maximum absolute atomic E-state index is 10.5. The Balaban J connectivity index is 2.73. The number of rotatable bonds is 3. The van der Waals surface area contributed by atoms with Crippen molar-refractivity contribution >= 4 is 22.2 Å². The Labute approximate surface area is 85.0 Å². The number of halogens is 1. The van der Waals surface area contributed by atoms with Gasteiger partial charge in [0.2, 0.25) is 0 Å². The third-order valence-corrected chi connectivity index (χ3v) is 1.69. The van der Waals surface area contributed by atoms with E-state index in [0.717, 1.165) is 6.29 Å². The van der Waals surface area contributed by atoms with E-state index < -0.39 is 0 Å². The molecule has 66 valence electrons. The first kappa shape index (κ1) is 9.82. The molecule has 0 saturated heterocycles. The zero-order valence-corrected chi connectivity index (χ0v) is 8.37. The van der Waals surface area contributed by atoms with Crippen LogP contribution in [0, 0.1) is 10.8 Å². The maximum Gasteiger partial charge on any atom is 0.153 e. The normalized spacial score (nSPS) is 8.38. The van der Waals surface area contributed by atoms with Crippen LogP contribution in [-0.4, -0.2) is 12.9 Å². The summed E-state index contributed by atoms with van der Waals surface area (Å²) < 4.78 is 5.23. The molecule has 0 fully saturated rings. The topological polar surface area (TPSA) is 26.3 Å². The highest BCUT2D eigenvalue weighted by Gasteiger charge is 1.98. The lowest BCUT2D eigenvalue weighted by Gasteiger charge is -2.03. The molecule has 1 aromatic rings. The Morgan fingerprint density at radius 1 is 1.46 bits per heavy atom. The van der Waals surface area contributed by atoms with Crippen LogP contribution in [0.3, 0.4) is 0 Å². The molecule has 0 N–H and O–H groups in total. The van der Waals surface area contributed by atoms with Gasteiger partial charge in [-0.15, -0.1) is 0 Å². The van der Waals surface area contributed by atoms with Crippen LogP contribution in [0.2, 0.25) is 0 Å². The van der Waals surface area contributed by atoms with Crippen LogP contribution >= 0.6 is 15.9 Å². The molecule has 1 rings (SSSR count). The second-order valence-electron chi connectivity index (χ2n) is 2.22. The molecule has 0 aliphatic heterocycles. The minimum Gasteiger partial charge on any atom is -0.480 e. The van der Waals surface area contributed by atoms with Gasteiger partial charge in [-0.25, -0.2) is 0 Å². The van der Waals surface area contributed by atoms with Gasteiger partial charge in [0.05, 0.1) is 5.56 Å². The monoisotopic (exact) mass is 238 g/mol. The highest BCUT2D eigenvalue weighted by molar-refractivity contribution is 9.12. The molecule has 0 saturated carbocycles. The van der Waals surface area contributed by atoms with Crippen molar-refractivity contribution in [2.75, 3.05) is 6.61 Å². The summed E-state index contributed by atoms with van der Waals surface area (Å²) in [5.41, 5.74) is 0.541. The van der Waals surface area contributed by atoms with Gasteiger partial charge in [0.25, 0.3) is 0 Å². The molecule has 0 unspecified atom stereocenters. The van der Waals surface area contributed by atoms with Crippen molar-refractivity contribution in [1.82, 2.24) is 0 Å². The lowest BCUT2D eigenvalue weighted by molar-refractivity contribution is 0.112. The third kappa shape index (κ3) is 2.92. The van der Waals surface area contributed by atoms with Crippen LogP contribution in [0.15, 0.2) is 24.3 Å². The quantitative estimate of drug-likeness (QED) is 0.597. The van der Waals surface area contributed by atoms with Crippen molar-refractivity contribution in [3.63, 3.8) is 0 Å². The van der Waals surface area contributed by atoms with E-state index in [1.54, 1.807) is 18.2 Å². The first-order valence-corrected chi connectivity index (χ1v) is 4.43. The number of benzene rings is 1. The Morgan fingerprint density at radius 2 is 2.23 bits per heavy atom. The van der Waals surface area contributed by atoms with Crippen molar-refractivity contribution in [3.8, 4) is 16.5 Å². The van der Waals surface area contributed by atoms with Crippen LogP contribution in [0.25, 0.3) is 0 Å². The van der Waals surface area contributed by atoms with Gasteiger partial charge in [0.1, 0.15) is 12.4 Å². The van der Waals surface area contributed by atoms with Gasteiger partial charge in [-0.2, -0.15) is 0 Å². The summed E-state index contributed by atoms with van der Waals surface area (Å²) in [7, 11) is 0. The zero-order chi connectivity index (χ0) is 9.52. The van der Waals surface area contributed by atoms with Crippen molar-refractivity contribution in [3.05, 3.63) is 29.8 Å². The highest BCUT2D eigenvalue weighted by atomic mass is 79.9. The summed E-state index contributed by atoms with van der Waals surface area (Å²) in [5, 5.41) is 0. The molecular formula is C10H7BrO2. The molecule has 0 radical (unpaired) electrons. The number of ether oxygens (including phenoxy) is 1. The summed E-state index contributed by atoms with van der Waals surface area (Å²) in [6, 6.07) is 7.03. The number of hydrogen-bond donors (Lipinski definition) is 0. The average molecular weight is 239 g/mol. The predicted octanol–water partition coefficient (Wildman–Crippen LogP) is 2.23. The minimum absolute atomic E-state index is 0.274. The fraction of sp³-hybridized carbons (Fsp3) is 0.100. The van der Waals surface area contributed by atoms with Crippen molar-refractivity contribution in [2.24, 2.45) is 0 Å². The average Bonchev–Trinajstić information content (AvgIpc) is 2.19. The van der Waals surface area contributed by atoms with E-state index in [0.29, 0.717) is 11.3 Å². The molecule has 0 spiro atoms. The SMILES string of the molecule is O=Cc1ccccc1OCC#CBr. The van der Waals surface area contributed by atoms with Gasteiger partial charge < -0.3 is 4.74 Å². The van der Waals surface area contributed by atoms with Gasteiger partial charge >= 0.3 is 0 Å². The van der Waals surface area contributed by atoms with Gasteiger partial charge in [0.15, 0.2) is 6.29 Å². The molecule has 2 nitrogen and oxygen atoms in total. The van der Waals surface area contributed by atoms with E-state index in [2.05, 4.69) is 26.7 Å². The van der Waals surface area contributed by atoms with Crippen LogP contribution < -0.4 is 4.74 Å². The number of para-hydroxylation sites is 1. The fourth-order valence-corrected chi connectivity index (χ4v) is 0.965. The minimum atomic E-state index is 0.274. The Kier molecular flexibility index (Phi) is 4.07. The maximum atomic E-state index is 10.5. The molecule has 0 aliphatic carbocycles. The first-order valence-electron chi connectivity index (χ1n) is 3.64. The second kappa shape index (κ2) is 5.39. The summed E-state index contributed by atoms with van der Waals surface area (Å²) >= 11 is 2.95. The van der Waals surface area contributed by atoms with Gasteiger partial charge in [-0.1, -0.05) is 12.1 Å². The van der Waals surface area contributed by atoms with Crippen LogP contribution in [-0.2, 0) is 0 Å². The molecule has 13 heavy (non-hydrogen) atoms.